The number of aliphatic imine (C=N–C) groups is 1. The van der Waals surface area contributed by atoms with Crippen molar-refractivity contribution in [2.24, 2.45) is 10.9 Å². The van der Waals surface area contributed by atoms with E-state index in [1.165, 1.54) is 0 Å². The van der Waals surface area contributed by atoms with E-state index in [0.29, 0.717) is 12.5 Å². The number of aromatic nitrogens is 2. The van der Waals surface area contributed by atoms with Gasteiger partial charge in [-0.25, -0.2) is 14.4 Å². The minimum Gasteiger partial charge on any atom is -0.357 e. The van der Waals surface area contributed by atoms with E-state index < -0.39 is 0 Å². The van der Waals surface area contributed by atoms with E-state index in [2.05, 4.69) is 36.9 Å². The van der Waals surface area contributed by atoms with Crippen molar-refractivity contribution in [3.63, 3.8) is 0 Å². The first-order valence-electron chi connectivity index (χ1n) is 11.7. The first-order chi connectivity index (χ1) is 15.7. The average Bonchev–Trinajstić information content (AvgIpc) is 2.85. The Hall–Kier alpha value is -2.74. The monoisotopic (exact) mass is 439 g/mol. The second kappa shape index (κ2) is 11.2. The van der Waals surface area contributed by atoms with Gasteiger partial charge in [0.05, 0.1) is 0 Å². The first kappa shape index (κ1) is 22.5. The summed E-state index contributed by atoms with van der Waals surface area (Å²) in [6.07, 6.45) is 5.80. The fraction of sp³-hybridized carbons (Fsp3) is 0.542. The summed E-state index contributed by atoms with van der Waals surface area (Å²) >= 11 is 0. The average molecular weight is 440 g/mol. The van der Waals surface area contributed by atoms with Crippen molar-refractivity contribution >= 4 is 11.9 Å². The van der Waals surface area contributed by atoms with Crippen LogP contribution >= 0.6 is 0 Å². The molecule has 0 bridgehead atoms. The van der Waals surface area contributed by atoms with Crippen LogP contribution in [0.2, 0.25) is 0 Å². The minimum atomic E-state index is -0.103. The molecule has 1 aromatic heterocycles. The molecule has 4 rings (SSSR count). The molecule has 0 radical (unpaired) electrons. The van der Waals surface area contributed by atoms with Crippen LogP contribution in [0.15, 0.2) is 47.7 Å². The van der Waals surface area contributed by atoms with Gasteiger partial charge >= 0.3 is 0 Å². The molecular formula is C24H34FN7. The number of benzene rings is 1. The van der Waals surface area contributed by atoms with Crippen LogP contribution in [0.5, 0.6) is 0 Å². The molecule has 2 aliphatic rings. The molecule has 1 aromatic carbocycles. The summed E-state index contributed by atoms with van der Waals surface area (Å²) in [4.78, 5) is 20.6. The molecule has 172 valence electrons. The number of nitrogens with one attached hydrogen (secondary N) is 1. The van der Waals surface area contributed by atoms with Gasteiger partial charge in [-0.1, -0.05) is 18.2 Å². The van der Waals surface area contributed by atoms with E-state index in [1.807, 2.05) is 18.2 Å². The van der Waals surface area contributed by atoms with Crippen LogP contribution in [0.4, 0.5) is 10.3 Å². The Kier molecular flexibility index (Phi) is 7.87. The highest BCUT2D eigenvalue weighted by Gasteiger charge is 2.23. The lowest BCUT2D eigenvalue weighted by molar-refractivity contribution is 0.178. The van der Waals surface area contributed by atoms with E-state index in [4.69, 9.17) is 4.99 Å². The number of halogens is 1. The van der Waals surface area contributed by atoms with Crippen LogP contribution in [-0.2, 0) is 6.54 Å². The topological polar surface area (TPSA) is 59.9 Å². The molecule has 3 heterocycles. The number of guanidine groups is 1. The maximum atomic E-state index is 13.9. The Morgan fingerprint density at radius 2 is 1.75 bits per heavy atom. The number of piperidine rings is 1. The SMILES string of the molecule is CCNC(=NCC1CCN(Cc2ccccc2F)CC1)N1CCN(c2ncccn2)CC1. The largest absolute Gasteiger partial charge is 0.357 e. The Balaban J connectivity index is 1.25. The van der Waals surface area contributed by atoms with Crippen LogP contribution in [0.25, 0.3) is 0 Å². The molecule has 0 saturated carbocycles. The lowest BCUT2D eigenvalue weighted by Gasteiger charge is -2.37. The smallest absolute Gasteiger partial charge is 0.225 e. The van der Waals surface area contributed by atoms with Crippen molar-refractivity contribution in [3.05, 3.63) is 54.1 Å². The van der Waals surface area contributed by atoms with Gasteiger partial charge < -0.3 is 15.1 Å². The highest BCUT2D eigenvalue weighted by molar-refractivity contribution is 5.80. The summed E-state index contributed by atoms with van der Waals surface area (Å²) in [5.41, 5.74) is 0.790. The predicted molar refractivity (Wildman–Crippen MR) is 126 cm³/mol. The number of nitrogens with zero attached hydrogens (tertiary/aromatic N) is 6. The Morgan fingerprint density at radius 3 is 2.44 bits per heavy atom. The minimum absolute atomic E-state index is 0.103. The Bertz CT molecular complexity index is 860. The van der Waals surface area contributed by atoms with Crippen molar-refractivity contribution in [1.82, 2.24) is 25.1 Å². The number of likely N-dealkylation sites (tertiary alicyclic amines) is 1. The number of rotatable bonds is 6. The van der Waals surface area contributed by atoms with E-state index in [9.17, 15) is 4.39 Å². The molecule has 2 saturated heterocycles. The van der Waals surface area contributed by atoms with E-state index in [1.54, 1.807) is 24.5 Å². The lowest BCUT2D eigenvalue weighted by Crippen LogP contribution is -2.53. The van der Waals surface area contributed by atoms with Crippen LogP contribution in [0, 0.1) is 11.7 Å². The van der Waals surface area contributed by atoms with Gasteiger partial charge in [0.1, 0.15) is 5.82 Å². The molecule has 0 atom stereocenters. The quantitative estimate of drug-likeness (QED) is 0.552. The maximum Gasteiger partial charge on any atom is 0.225 e. The van der Waals surface area contributed by atoms with Gasteiger partial charge in [-0.3, -0.25) is 9.89 Å². The predicted octanol–water partition coefficient (Wildman–Crippen LogP) is 2.62. The van der Waals surface area contributed by atoms with Gasteiger partial charge in [0.2, 0.25) is 5.95 Å². The molecule has 1 N–H and O–H groups in total. The van der Waals surface area contributed by atoms with E-state index >= 15 is 0 Å². The molecule has 2 fully saturated rings. The van der Waals surface area contributed by atoms with Crippen molar-refractivity contribution in [2.45, 2.75) is 26.3 Å². The summed E-state index contributed by atoms with van der Waals surface area (Å²) in [5, 5.41) is 3.47. The van der Waals surface area contributed by atoms with Gasteiger partial charge in [0.15, 0.2) is 5.96 Å². The summed E-state index contributed by atoms with van der Waals surface area (Å²) < 4.78 is 13.9. The van der Waals surface area contributed by atoms with Crippen molar-refractivity contribution < 1.29 is 4.39 Å². The third kappa shape index (κ3) is 5.94. The molecule has 2 aromatic rings. The van der Waals surface area contributed by atoms with Crippen LogP contribution in [0.3, 0.4) is 0 Å². The molecule has 0 spiro atoms. The second-order valence-electron chi connectivity index (χ2n) is 8.53. The Morgan fingerprint density at radius 1 is 1.03 bits per heavy atom. The van der Waals surface area contributed by atoms with Crippen LogP contribution in [-0.4, -0.2) is 78.1 Å². The zero-order valence-corrected chi connectivity index (χ0v) is 19.0. The summed E-state index contributed by atoms with van der Waals surface area (Å²) in [5.74, 6) is 2.29. The highest BCUT2D eigenvalue weighted by Crippen LogP contribution is 2.20. The normalized spacial score (nSPS) is 18.8. The molecule has 0 unspecified atom stereocenters. The molecular weight excluding hydrogens is 405 g/mol. The van der Waals surface area contributed by atoms with Crippen LogP contribution in [0.1, 0.15) is 25.3 Å². The zero-order chi connectivity index (χ0) is 22.2. The fourth-order valence-corrected chi connectivity index (χ4v) is 4.41. The first-order valence-corrected chi connectivity index (χ1v) is 11.7. The van der Waals surface area contributed by atoms with Gasteiger partial charge in [0, 0.05) is 63.8 Å². The van der Waals surface area contributed by atoms with Gasteiger partial charge in [0.25, 0.3) is 0 Å². The van der Waals surface area contributed by atoms with Crippen molar-refractivity contribution in [1.29, 1.82) is 0 Å². The van der Waals surface area contributed by atoms with Gasteiger partial charge in [-0.15, -0.1) is 0 Å². The number of piperazine rings is 1. The summed E-state index contributed by atoms with van der Waals surface area (Å²) in [7, 11) is 0. The number of anilines is 1. The Labute approximate surface area is 190 Å². The molecule has 32 heavy (non-hydrogen) atoms. The van der Waals surface area contributed by atoms with Crippen LogP contribution < -0.4 is 10.2 Å². The summed E-state index contributed by atoms with van der Waals surface area (Å²) in [6, 6.07) is 8.94. The third-order valence-electron chi connectivity index (χ3n) is 6.31. The molecule has 0 amide bonds. The molecule has 8 heteroatoms. The lowest BCUT2D eigenvalue weighted by atomic mass is 9.96. The highest BCUT2D eigenvalue weighted by atomic mass is 19.1. The van der Waals surface area contributed by atoms with Crippen molar-refractivity contribution in [2.75, 3.05) is 57.3 Å². The molecule has 0 aliphatic carbocycles. The number of hydrogen-bond donors (Lipinski definition) is 1. The van der Waals surface area contributed by atoms with Crippen molar-refractivity contribution in [3.8, 4) is 0 Å². The third-order valence-corrected chi connectivity index (χ3v) is 6.31. The zero-order valence-electron chi connectivity index (χ0n) is 19.0. The standard InChI is InChI=1S/C24H34FN7/c1-2-26-23(31-14-16-32(17-15-31)24-27-10-5-11-28-24)29-18-20-8-12-30(13-9-20)19-21-6-3-4-7-22(21)25/h3-7,10-11,20H,2,8-9,12-19H2,1H3,(H,26,29). The van der Waals surface area contributed by atoms with Gasteiger partial charge in [-0.2, -0.15) is 0 Å². The van der Waals surface area contributed by atoms with Gasteiger partial charge in [-0.05, 0) is 50.9 Å². The fourth-order valence-electron chi connectivity index (χ4n) is 4.41. The number of hydrogen-bond acceptors (Lipinski definition) is 5. The second-order valence-corrected chi connectivity index (χ2v) is 8.53. The summed E-state index contributed by atoms with van der Waals surface area (Å²) in [6.45, 7) is 10.1. The molecule has 2 aliphatic heterocycles. The maximum absolute atomic E-state index is 13.9. The van der Waals surface area contributed by atoms with E-state index in [0.717, 1.165) is 82.7 Å². The van der Waals surface area contributed by atoms with E-state index in [-0.39, 0.29) is 5.82 Å². The molecule has 7 nitrogen and oxygen atoms in total.